The number of ketones is 1. The first-order chi connectivity index (χ1) is 22.2. The van der Waals surface area contributed by atoms with Gasteiger partial charge < -0.3 is 15.0 Å². The number of piperidine rings is 1. The van der Waals surface area contributed by atoms with E-state index >= 15 is 0 Å². The lowest BCUT2D eigenvalue weighted by Gasteiger charge is -2.34. The third-order valence-corrected chi connectivity index (χ3v) is 10.9. The standard InChI is InChI=1S/C33H39F3N4O6S/c1-22-17-24-9-8-23(22)10-16-47(44,45)40-13-11-32(12-14-40)31(43)37-29(38-32)25-18-26(33(34,35)36)20-28(19-25)46-15-6-4-3-5-7-27(41)21-39(2)30(24)42/h8-9,17-20H,3-7,10-16,21H2,1-2H3,(H,37,38,43). The van der Waals surface area contributed by atoms with Crippen molar-refractivity contribution in [3.8, 4) is 5.75 Å². The van der Waals surface area contributed by atoms with E-state index in [-0.39, 0.29) is 86.5 Å². The molecule has 5 aliphatic rings. The zero-order chi connectivity index (χ0) is 34.0. The van der Waals surface area contributed by atoms with Gasteiger partial charge >= 0.3 is 6.18 Å². The molecule has 2 aromatic carbocycles. The molecule has 0 aromatic heterocycles. The number of hydrogen-bond donors (Lipinski definition) is 1. The van der Waals surface area contributed by atoms with Crippen LogP contribution >= 0.6 is 0 Å². The number of alkyl halides is 3. The van der Waals surface area contributed by atoms with Crippen LogP contribution in [0.4, 0.5) is 13.2 Å². The van der Waals surface area contributed by atoms with E-state index in [9.17, 15) is 36.0 Å². The number of rotatable bonds is 0. The van der Waals surface area contributed by atoms with Gasteiger partial charge in [-0.05, 0) is 80.5 Å². The number of aliphatic imine (C=N–C) groups is 1. The number of carbonyl (C=O) groups excluding carboxylic acids is 3. The first kappa shape index (κ1) is 34.6. The van der Waals surface area contributed by atoms with Crippen LogP contribution in [0.2, 0.25) is 0 Å². The number of amidine groups is 1. The van der Waals surface area contributed by atoms with Crippen LogP contribution < -0.4 is 10.1 Å². The number of hydrogen-bond acceptors (Lipinski definition) is 7. The zero-order valence-corrected chi connectivity index (χ0v) is 27.3. The number of amides is 2. The van der Waals surface area contributed by atoms with Crippen molar-refractivity contribution in [1.29, 1.82) is 0 Å². The highest BCUT2D eigenvalue weighted by atomic mass is 32.2. The lowest BCUT2D eigenvalue weighted by molar-refractivity contribution is -0.137. The van der Waals surface area contributed by atoms with Gasteiger partial charge in [0.2, 0.25) is 10.0 Å². The molecule has 1 saturated heterocycles. The number of benzene rings is 2. The second kappa shape index (κ2) is 13.8. The molecule has 254 valence electrons. The highest BCUT2D eigenvalue weighted by Gasteiger charge is 2.47. The van der Waals surface area contributed by atoms with E-state index in [1.54, 1.807) is 32.2 Å². The lowest BCUT2D eigenvalue weighted by Crippen LogP contribution is -2.50. The Balaban J connectivity index is 1.39. The zero-order valence-electron chi connectivity index (χ0n) is 26.5. The molecule has 1 fully saturated rings. The van der Waals surface area contributed by atoms with E-state index in [2.05, 4.69) is 10.3 Å². The Morgan fingerprint density at radius 2 is 1.66 bits per heavy atom. The summed E-state index contributed by atoms with van der Waals surface area (Å²) in [6.07, 6.45) is -1.46. The molecule has 7 rings (SSSR count). The molecule has 1 spiro atoms. The van der Waals surface area contributed by atoms with E-state index in [4.69, 9.17) is 4.74 Å². The summed E-state index contributed by atoms with van der Waals surface area (Å²) in [6, 6.07) is 8.30. The summed E-state index contributed by atoms with van der Waals surface area (Å²) >= 11 is 0. The van der Waals surface area contributed by atoms with Crippen molar-refractivity contribution < 1.29 is 40.7 Å². The van der Waals surface area contributed by atoms with E-state index in [1.165, 1.54) is 15.3 Å². The molecule has 5 aliphatic heterocycles. The van der Waals surface area contributed by atoms with Crippen LogP contribution in [0.5, 0.6) is 5.75 Å². The van der Waals surface area contributed by atoms with E-state index in [1.807, 2.05) is 0 Å². The number of likely N-dealkylation sites (N-methyl/N-ethyl adjacent to an activating group) is 1. The number of nitrogens with zero attached hydrogens (tertiary/aromatic N) is 3. The molecule has 2 amide bonds. The molecule has 0 saturated carbocycles. The van der Waals surface area contributed by atoms with Crippen molar-refractivity contribution in [2.45, 2.75) is 70.0 Å². The molecule has 0 aliphatic carbocycles. The Morgan fingerprint density at radius 3 is 2.36 bits per heavy atom. The minimum absolute atomic E-state index is 0.00710. The van der Waals surface area contributed by atoms with E-state index < -0.39 is 33.2 Å². The van der Waals surface area contributed by atoms with Crippen molar-refractivity contribution in [3.63, 3.8) is 0 Å². The number of nitrogens with one attached hydrogen (secondary N) is 1. The lowest BCUT2D eigenvalue weighted by atomic mass is 9.89. The molecule has 10 nitrogen and oxygen atoms in total. The van der Waals surface area contributed by atoms with Crippen LogP contribution in [-0.2, 0) is 32.2 Å². The molecule has 14 heteroatoms. The average Bonchev–Trinajstić information content (AvgIpc) is 3.33. The SMILES string of the molecule is Cc1cc2ccc1CCS(=O)(=O)N1CCC3(CC1)N=C(NC3=O)c1cc(cc(C(F)(F)F)c1)OCCCCCCC(=O)CN(C)C2=O. The maximum atomic E-state index is 13.8. The summed E-state index contributed by atoms with van der Waals surface area (Å²) in [7, 11) is -2.16. The molecule has 0 radical (unpaired) electrons. The fourth-order valence-electron chi connectivity index (χ4n) is 6.19. The molecule has 5 heterocycles. The Hall–Kier alpha value is -3.78. The number of carbonyl (C=O) groups is 3. The Morgan fingerprint density at radius 1 is 0.936 bits per heavy atom. The average molecular weight is 677 g/mol. The summed E-state index contributed by atoms with van der Waals surface area (Å²) in [5.41, 5.74) is -0.246. The van der Waals surface area contributed by atoms with Gasteiger partial charge in [-0.1, -0.05) is 18.9 Å². The van der Waals surface area contributed by atoms with Gasteiger partial charge in [-0.3, -0.25) is 19.4 Å². The number of aryl methyl sites for hydroxylation is 2. The van der Waals surface area contributed by atoms with E-state index in [0.29, 0.717) is 31.2 Å². The quantitative estimate of drug-likeness (QED) is 0.444. The second-order valence-corrected chi connectivity index (χ2v) is 14.6. The smallest absolute Gasteiger partial charge is 0.416 e. The minimum atomic E-state index is -4.67. The van der Waals surface area contributed by atoms with Crippen LogP contribution in [0, 0.1) is 6.92 Å². The predicted octanol–water partition coefficient (Wildman–Crippen LogP) is 4.28. The van der Waals surface area contributed by atoms with Crippen LogP contribution in [-0.4, -0.2) is 85.6 Å². The third kappa shape index (κ3) is 8.03. The van der Waals surface area contributed by atoms with Crippen LogP contribution in [0.3, 0.4) is 0 Å². The monoisotopic (exact) mass is 676 g/mol. The Kier molecular flexibility index (Phi) is 10.1. The maximum Gasteiger partial charge on any atom is 0.416 e. The molecular formula is C33H39F3N4O6S. The Labute approximate surface area is 272 Å². The first-order valence-electron chi connectivity index (χ1n) is 15.8. The van der Waals surface area contributed by atoms with Gasteiger partial charge in [0.05, 0.1) is 24.5 Å². The van der Waals surface area contributed by atoms with Crippen molar-refractivity contribution in [1.82, 2.24) is 14.5 Å². The topological polar surface area (TPSA) is 125 Å². The minimum Gasteiger partial charge on any atom is -0.494 e. The van der Waals surface area contributed by atoms with Gasteiger partial charge in [-0.2, -0.15) is 13.2 Å². The summed E-state index contributed by atoms with van der Waals surface area (Å²) < 4.78 is 75.0. The third-order valence-electron chi connectivity index (χ3n) is 9.03. The fraction of sp³-hybridized carbons (Fsp3) is 0.515. The first-order valence-corrected chi connectivity index (χ1v) is 17.4. The number of halogens is 3. The van der Waals surface area contributed by atoms with Crippen LogP contribution in [0.15, 0.2) is 41.4 Å². The molecule has 47 heavy (non-hydrogen) atoms. The molecule has 7 bridgehead atoms. The number of fused-ring (bicyclic) bond motifs is 2. The molecule has 1 N–H and O–H groups in total. The summed E-state index contributed by atoms with van der Waals surface area (Å²) in [4.78, 5) is 44.6. The van der Waals surface area contributed by atoms with Crippen molar-refractivity contribution >= 4 is 33.5 Å². The number of ether oxygens (including phenoxy) is 1. The van der Waals surface area contributed by atoms with Gasteiger partial charge in [0.1, 0.15) is 17.1 Å². The maximum absolute atomic E-state index is 13.8. The second-order valence-electron chi connectivity index (χ2n) is 12.5. The van der Waals surface area contributed by atoms with Gasteiger partial charge in [0, 0.05) is 37.7 Å². The predicted molar refractivity (Wildman–Crippen MR) is 169 cm³/mol. The molecule has 0 atom stereocenters. The van der Waals surface area contributed by atoms with Gasteiger partial charge in [0.25, 0.3) is 11.8 Å². The van der Waals surface area contributed by atoms with Crippen molar-refractivity contribution in [2.75, 3.05) is 39.0 Å². The molecule has 2 aromatic rings. The van der Waals surface area contributed by atoms with Crippen LogP contribution in [0.1, 0.15) is 77.6 Å². The van der Waals surface area contributed by atoms with E-state index in [0.717, 1.165) is 23.3 Å². The Bertz CT molecular complexity index is 1680. The molecular weight excluding hydrogens is 637 g/mol. The highest BCUT2D eigenvalue weighted by molar-refractivity contribution is 7.89. The summed E-state index contributed by atoms with van der Waals surface area (Å²) in [6.45, 7) is 1.97. The summed E-state index contributed by atoms with van der Waals surface area (Å²) in [5, 5.41) is 2.63. The van der Waals surface area contributed by atoms with Crippen molar-refractivity contribution in [3.05, 3.63) is 64.2 Å². The van der Waals surface area contributed by atoms with Gasteiger partial charge in [0.15, 0.2) is 5.78 Å². The van der Waals surface area contributed by atoms with Gasteiger partial charge in [-0.15, -0.1) is 0 Å². The fourth-order valence-corrected chi connectivity index (χ4v) is 7.67. The van der Waals surface area contributed by atoms with Crippen molar-refractivity contribution in [2.24, 2.45) is 4.99 Å². The van der Waals surface area contributed by atoms with Gasteiger partial charge in [-0.25, -0.2) is 12.7 Å². The van der Waals surface area contributed by atoms with Crippen LogP contribution in [0.25, 0.3) is 0 Å². The normalized spacial score (nSPS) is 24.8. The number of sulfonamides is 1. The highest BCUT2D eigenvalue weighted by Crippen LogP contribution is 2.36. The molecule has 0 unspecified atom stereocenters. The largest absolute Gasteiger partial charge is 0.494 e. The number of Topliss-reactive ketones (excluding diaryl/α,β-unsaturated/α-hetero) is 1. The summed E-state index contributed by atoms with van der Waals surface area (Å²) in [5.74, 6) is -1.08.